The first-order valence-electron chi connectivity index (χ1n) is 22.8. The third kappa shape index (κ3) is 9.52. The van der Waals surface area contributed by atoms with Gasteiger partial charge in [0.15, 0.2) is 0 Å². The van der Waals surface area contributed by atoms with E-state index < -0.39 is 24.0 Å². The maximum absolute atomic E-state index is 14.6. The van der Waals surface area contributed by atoms with E-state index in [1.165, 1.54) is 0 Å². The first kappa shape index (κ1) is 44.8. The van der Waals surface area contributed by atoms with Crippen molar-refractivity contribution < 1.29 is 38.8 Å². The van der Waals surface area contributed by atoms with E-state index in [9.17, 15) is 20.3 Å². The van der Waals surface area contributed by atoms with Crippen LogP contribution >= 0.6 is 0 Å². The van der Waals surface area contributed by atoms with Crippen molar-refractivity contribution in [2.75, 3.05) is 33.5 Å². The van der Waals surface area contributed by atoms with Gasteiger partial charge in [0.2, 0.25) is 12.1 Å². The van der Waals surface area contributed by atoms with Crippen molar-refractivity contribution in [2.45, 2.75) is 88.2 Å². The normalized spacial score (nSPS) is 25.2. The molecule has 2 heterocycles. The van der Waals surface area contributed by atoms with Gasteiger partial charge in [0.05, 0.1) is 36.5 Å². The minimum atomic E-state index is -1.41. The smallest absolute Gasteiger partial charge is 0.254 e. The van der Waals surface area contributed by atoms with Crippen LogP contribution in [0.1, 0.15) is 91.6 Å². The number of fused-ring (bicyclic) bond motifs is 2. The summed E-state index contributed by atoms with van der Waals surface area (Å²) in [4.78, 5) is 22.6. The van der Waals surface area contributed by atoms with Gasteiger partial charge in [-0.1, -0.05) is 72.6 Å². The number of oxime groups is 1. The number of benzene rings is 4. The lowest BCUT2D eigenvalue weighted by atomic mass is 9.55. The second kappa shape index (κ2) is 20.8. The summed E-state index contributed by atoms with van der Waals surface area (Å²) in [6.45, 7) is 4.98. The van der Waals surface area contributed by atoms with Crippen molar-refractivity contribution in [3.63, 3.8) is 0 Å². The van der Waals surface area contributed by atoms with E-state index in [2.05, 4.69) is 49.1 Å². The van der Waals surface area contributed by atoms with Gasteiger partial charge in [0.25, 0.3) is 5.91 Å². The summed E-state index contributed by atoms with van der Waals surface area (Å²) in [5.41, 5.74) is 5.71. The summed E-state index contributed by atoms with van der Waals surface area (Å²) >= 11 is 0. The molecule has 11 nitrogen and oxygen atoms in total. The summed E-state index contributed by atoms with van der Waals surface area (Å²) in [7, 11) is 1.77. The Morgan fingerprint density at radius 3 is 2.38 bits per heavy atom. The van der Waals surface area contributed by atoms with E-state index >= 15 is 0 Å². The van der Waals surface area contributed by atoms with Gasteiger partial charge in [0.1, 0.15) is 23.3 Å². The van der Waals surface area contributed by atoms with Gasteiger partial charge < -0.3 is 38.9 Å². The Morgan fingerprint density at radius 2 is 1.67 bits per heavy atom. The first-order valence-corrected chi connectivity index (χ1v) is 22.8. The highest BCUT2D eigenvalue weighted by Gasteiger charge is 2.65. The van der Waals surface area contributed by atoms with Crippen LogP contribution in [0.3, 0.4) is 0 Å². The fourth-order valence-corrected chi connectivity index (χ4v) is 10.2. The van der Waals surface area contributed by atoms with Crippen molar-refractivity contribution in [2.24, 2.45) is 22.9 Å². The predicted octanol–water partition coefficient (Wildman–Crippen LogP) is 9.95. The predicted molar refractivity (Wildman–Crippen MR) is 245 cm³/mol. The summed E-state index contributed by atoms with van der Waals surface area (Å²) in [5.74, 6) is -0.241. The summed E-state index contributed by atoms with van der Waals surface area (Å²) in [6.07, 6.45) is 11.1. The number of aliphatic hydroxyl groups excluding tert-OH is 2. The number of likely N-dealkylation sites (N-methyl/N-ethyl adjacent to an activating group) is 1. The highest BCUT2D eigenvalue weighted by Crippen LogP contribution is 2.62. The second-order valence-corrected chi connectivity index (χ2v) is 17.3. The average Bonchev–Trinajstić information content (AvgIpc) is 3.34. The molecular weight excluding hydrogens is 807 g/mol. The Labute approximate surface area is 376 Å². The van der Waals surface area contributed by atoms with Gasteiger partial charge >= 0.3 is 0 Å². The minimum Gasteiger partial charge on any atom is -0.459 e. The minimum absolute atomic E-state index is 0.0517. The zero-order valence-corrected chi connectivity index (χ0v) is 36.6. The quantitative estimate of drug-likeness (QED) is 0.0568. The Morgan fingerprint density at radius 1 is 0.938 bits per heavy atom. The highest BCUT2D eigenvalue weighted by atomic mass is 16.8. The standard InChI is InChI=1S/C53H59N3O8/c1-3-30-61-53-48(56(2)52(59)39-20-18-36(35-54)19-21-39)34-46(55-64-49-17-9-12-31-60-49)44-32-40(15-7-10-28-57)43(16-8-11-29-58)50(51(44)53)45-33-42(26-27-47(45)63-53)62-41-24-22-38(23-25-41)37-13-5-4-6-14-37/h3-6,13-14,18-27,32-33,40,43,48-51,57-58H,1,7-12,15-17,28-31,34H2,2H3. The summed E-state index contributed by atoms with van der Waals surface area (Å²) in [6, 6.07) is 32.3. The number of hydrogen-bond donors (Lipinski definition) is 2. The zero-order valence-electron chi connectivity index (χ0n) is 36.6. The number of hydrogen-bond acceptors (Lipinski definition) is 10. The maximum Gasteiger partial charge on any atom is 0.254 e. The van der Waals surface area contributed by atoms with Crippen molar-refractivity contribution >= 4 is 11.6 Å². The van der Waals surface area contributed by atoms with Crippen LogP contribution in [0.15, 0.2) is 127 Å². The van der Waals surface area contributed by atoms with E-state index in [0.717, 1.165) is 67.2 Å². The molecule has 7 atom stereocenters. The number of carbonyl (C=O) groups is 1. The second-order valence-electron chi connectivity index (χ2n) is 17.3. The van der Waals surface area contributed by atoms with Crippen LogP contribution in [0.2, 0.25) is 0 Å². The number of carbonyl (C=O) groups excluding carboxylic acids is 1. The molecule has 2 aliphatic carbocycles. The number of ether oxygens (including phenoxy) is 4. The number of amides is 1. The molecule has 2 aliphatic heterocycles. The largest absolute Gasteiger partial charge is 0.459 e. The fraction of sp³-hybridized carbons (Fsp3) is 0.415. The molecule has 334 valence electrons. The Kier molecular flexibility index (Phi) is 14.6. The SMILES string of the molecule is C=CCOC12Oc3ccc(Oc4ccc(-c5ccccc5)cc4)cc3C3C(CCCCO)C(CCCCO)C=C(C(=NOC4CCCCO4)CC1N(C)C(=O)c1ccc(C#N)cc1)C32. The molecule has 1 amide bonds. The average molecular weight is 866 g/mol. The van der Waals surface area contributed by atoms with Crippen LogP contribution < -0.4 is 9.47 Å². The monoisotopic (exact) mass is 865 g/mol. The third-order valence-corrected chi connectivity index (χ3v) is 13.3. The van der Waals surface area contributed by atoms with Crippen molar-refractivity contribution in [3.8, 4) is 34.4 Å². The number of unbranched alkanes of at least 4 members (excludes halogenated alkanes) is 2. The van der Waals surface area contributed by atoms with Gasteiger partial charge in [0, 0.05) is 50.1 Å². The summed E-state index contributed by atoms with van der Waals surface area (Å²) < 4.78 is 27.0. The fourth-order valence-electron chi connectivity index (χ4n) is 10.2. The molecule has 0 radical (unpaired) electrons. The van der Waals surface area contributed by atoms with Gasteiger partial charge in [-0.2, -0.15) is 5.26 Å². The molecule has 1 saturated heterocycles. The van der Waals surface area contributed by atoms with Gasteiger partial charge in [-0.3, -0.25) is 4.79 Å². The van der Waals surface area contributed by atoms with Crippen LogP contribution in [0.5, 0.6) is 17.2 Å². The molecule has 2 fully saturated rings. The molecule has 8 rings (SSSR count). The van der Waals surface area contributed by atoms with Crippen molar-refractivity contribution in [1.29, 1.82) is 5.26 Å². The Hall–Kier alpha value is -5.77. The van der Waals surface area contributed by atoms with Gasteiger partial charge in [-0.25, -0.2) is 0 Å². The lowest BCUT2D eigenvalue weighted by molar-refractivity contribution is -0.252. The van der Waals surface area contributed by atoms with E-state index in [1.54, 1.807) is 42.3 Å². The molecule has 64 heavy (non-hydrogen) atoms. The third-order valence-electron chi connectivity index (χ3n) is 13.3. The summed E-state index contributed by atoms with van der Waals surface area (Å²) in [5, 5.41) is 34.4. The molecule has 4 aromatic carbocycles. The van der Waals surface area contributed by atoms with E-state index in [-0.39, 0.29) is 49.9 Å². The van der Waals surface area contributed by atoms with Crippen LogP contribution in [0.4, 0.5) is 0 Å². The zero-order chi connectivity index (χ0) is 44.5. The molecule has 2 N–H and O–H groups in total. The topological polar surface area (TPSA) is 143 Å². The molecule has 1 saturated carbocycles. The number of aliphatic hydroxyl groups is 2. The van der Waals surface area contributed by atoms with Crippen molar-refractivity contribution in [3.05, 3.63) is 138 Å². The lowest BCUT2D eigenvalue weighted by Crippen LogP contribution is -2.69. The molecule has 11 heteroatoms. The molecule has 7 unspecified atom stereocenters. The number of allylic oxidation sites excluding steroid dienone is 1. The maximum atomic E-state index is 14.6. The Bertz CT molecular complexity index is 2320. The molecular formula is C53H59N3O8. The lowest BCUT2D eigenvalue weighted by Gasteiger charge is -2.59. The van der Waals surface area contributed by atoms with Crippen molar-refractivity contribution in [1.82, 2.24) is 4.90 Å². The van der Waals surface area contributed by atoms with Crippen LogP contribution in [0.25, 0.3) is 11.1 Å². The Balaban J connectivity index is 1.27. The first-order chi connectivity index (χ1) is 31.4. The highest BCUT2D eigenvalue weighted by molar-refractivity contribution is 6.03. The number of nitrogens with zero attached hydrogens (tertiary/aromatic N) is 3. The number of rotatable bonds is 18. The van der Waals surface area contributed by atoms with Crippen LogP contribution in [-0.2, 0) is 14.3 Å². The van der Waals surface area contributed by atoms with E-state index in [1.807, 2.05) is 42.5 Å². The molecule has 0 bridgehead atoms. The van der Waals surface area contributed by atoms with E-state index in [0.29, 0.717) is 53.5 Å². The molecule has 4 aromatic rings. The molecule has 0 aromatic heterocycles. The van der Waals surface area contributed by atoms with Crippen LogP contribution in [-0.4, -0.2) is 78.3 Å². The molecule has 4 aliphatic rings. The number of nitriles is 1. The van der Waals surface area contributed by atoms with Crippen LogP contribution in [0, 0.1) is 29.1 Å². The van der Waals surface area contributed by atoms with E-state index in [4.69, 9.17) is 28.9 Å². The molecule has 0 spiro atoms. The van der Waals surface area contributed by atoms with Gasteiger partial charge in [-0.05, 0) is 122 Å². The van der Waals surface area contributed by atoms with Gasteiger partial charge in [-0.15, -0.1) is 6.58 Å².